The van der Waals surface area contributed by atoms with Crippen LogP contribution in [0.1, 0.15) is 28.4 Å². The van der Waals surface area contributed by atoms with Crippen LogP contribution < -0.4 is 14.8 Å². The van der Waals surface area contributed by atoms with E-state index in [0.29, 0.717) is 17.1 Å². The van der Waals surface area contributed by atoms with E-state index in [2.05, 4.69) is 12.2 Å². The summed E-state index contributed by atoms with van der Waals surface area (Å²) in [7, 11) is 3.16. The Bertz CT molecular complexity index is 655. The number of hydrogen-bond donors (Lipinski definition) is 1. The number of carbonyl (C=O) groups is 1. The van der Waals surface area contributed by atoms with Gasteiger partial charge in [0.2, 0.25) is 0 Å². The summed E-state index contributed by atoms with van der Waals surface area (Å²) in [4.78, 5) is 12.4. The minimum Gasteiger partial charge on any atom is -0.496 e. The first-order valence-electron chi connectivity index (χ1n) is 7.22. The Morgan fingerprint density at radius 2 is 1.73 bits per heavy atom. The molecule has 1 amide bonds. The number of anilines is 1. The number of hydrogen-bond acceptors (Lipinski definition) is 3. The molecule has 0 unspecified atom stereocenters. The number of carbonyl (C=O) groups excluding carboxylic acids is 1. The van der Waals surface area contributed by atoms with Crippen molar-refractivity contribution in [1.29, 1.82) is 0 Å². The van der Waals surface area contributed by atoms with E-state index in [4.69, 9.17) is 9.47 Å². The monoisotopic (exact) mass is 299 g/mol. The molecular formula is C18H21NO3. The molecule has 0 atom stereocenters. The molecule has 0 saturated carbocycles. The fraction of sp³-hybridized carbons (Fsp3) is 0.278. The zero-order valence-corrected chi connectivity index (χ0v) is 13.4. The van der Waals surface area contributed by atoms with E-state index >= 15 is 0 Å². The standard InChI is InChI=1S/C18H21NO3/c1-5-13-7-6-8-15(9-13)19-18(20)14-10-16(21-3)12(2)17(11-14)22-4/h6-11H,5H2,1-4H3,(H,19,20). The van der Waals surface area contributed by atoms with Gasteiger partial charge < -0.3 is 14.8 Å². The smallest absolute Gasteiger partial charge is 0.255 e. The topological polar surface area (TPSA) is 47.6 Å². The molecule has 0 heterocycles. The van der Waals surface area contributed by atoms with E-state index in [1.807, 2.05) is 31.2 Å². The highest BCUT2D eigenvalue weighted by atomic mass is 16.5. The van der Waals surface area contributed by atoms with Gasteiger partial charge in [0, 0.05) is 16.8 Å². The summed E-state index contributed by atoms with van der Waals surface area (Å²) in [5, 5.41) is 2.90. The highest BCUT2D eigenvalue weighted by Gasteiger charge is 2.13. The van der Waals surface area contributed by atoms with Crippen molar-refractivity contribution in [2.45, 2.75) is 20.3 Å². The molecule has 116 valence electrons. The van der Waals surface area contributed by atoms with Gasteiger partial charge >= 0.3 is 0 Å². The summed E-state index contributed by atoms with van der Waals surface area (Å²) in [5.41, 5.74) is 3.33. The number of ether oxygens (including phenoxy) is 2. The van der Waals surface area contributed by atoms with Crippen molar-refractivity contribution < 1.29 is 14.3 Å². The molecule has 2 aromatic carbocycles. The molecule has 2 rings (SSSR count). The van der Waals surface area contributed by atoms with E-state index in [1.54, 1.807) is 26.4 Å². The van der Waals surface area contributed by atoms with Crippen LogP contribution in [0.5, 0.6) is 11.5 Å². The third-order valence-electron chi connectivity index (χ3n) is 3.61. The second-order valence-electron chi connectivity index (χ2n) is 5.01. The molecule has 0 fully saturated rings. The minimum absolute atomic E-state index is 0.190. The zero-order chi connectivity index (χ0) is 16.1. The lowest BCUT2D eigenvalue weighted by Crippen LogP contribution is -2.12. The quantitative estimate of drug-likeness (QED) is 0.913. The summed E-state index contributed by atoms with van der Waals surface area (Å²) in [5.74, 6) is 1.07. The lowest BCUT2D eigenvalue weighted by molar-refractivity contribution is 0.102. The third-order valence-corrected chi connectivity index (χ3v) is 3.61. The molecular weight excluding hydrogens is 278 g/mol. The molecule has 0 bridgehead atoms. The van der Waals surface area contributed by atoms with Crippen molar-refractivity contribution in [3.63, 3.8) is 0 Å². The average Bonchev–Trinajstić information content (AvgIpc) is 2.55. The van der Waals surface area contributed by atoms with Crippen LogP contribution in [0.3, 0.4) is 0 Å². The number of benzene rings is 2. The van der Waals surface area contributed by atoms with Gasteiger partial charge in [0.1, 0.15) is 11.5 Å². The van der Waals surface area contributed by atoms with Crippen molar-refractivity contribution in [2.75, 3.05) is 19.5 Å². The van der Waals surface area contributed by atoms with E-state index in [9.17, 15) is 4.79 Å². The lowest BCUT2D eigenvalue weighted by atomic mass is 10.1. The van der Waals surface area contributed by atoms with E-state index < -0.39 is 0 Å². The molecule has 22 heavy (non-hydrogen) atoms. The molecule has 0 aliphatic rings. The molecule has 0 saturated heterocycles. The second kappa shape index (κ2) is 6.98. The number of amides is 1. The average molecular weight is 299 g/mol. The van der Waals surface area contributed by atoms with Gasteiger partial charge in [0.25, 0.3) is 5.91 Å². The minimum atomic E-state index is -0.190. The maximum Gasteiger partial charge on any atom is 0.255 e. The van der Waals surface area contributed by atoms with E-state index in [0.717, 1.165) is 17.7 Å². The van der Waals surface area contributed by atoms with Crippen LogP contribution in [-0.4, -0.2) is 20.1 Å². The Morgan fingerprint density at radius 3 is 2.27 bits per heavy atom. The molecule has 1 N–H and O–H groups in total. The summed E-state index contributed by atoms with van der Waals surface area (Å²) < 4.78 is 10.6. The van der Waals surface area contributed by atoms with Crippen molar-refractivity contribution in [2.24, 2.45) is 0 Å². The van der Waals surface area contributed by atoms with Crippen LogP contribution in [0.15, 0.2) is 36.4 Å². The number of methoxy groups -OCH3 is 2. The van der Waals surface area contributed by atoms with Gasteiger partial charge in [-0.25, -0.2) is 0 Å². The maximum absolute atomic E-state index is 12.4. The van der Waals surface area contributed by atoms with Crippen molar-refractivity contribution >= 4 is 11.6 Å². The lowest BCUT2D eigenvalue weighted by Gasteiger charge is -2.13. The van der Waals surface area contributed by atoms with Gasteiger partial charge in [-0.1, -0.05) is 19.1 Å². The second-order valence-corrected chi connectivity index (χ2v) is 5.01. The zero-order valence-electron chi connectivity index (χ0n) is 13.4. The Labute approximate surface area is 131 Å². The van der Waals surface area contributed by atoms with Gasteiger partial charge in [0.05, 0.1) is 14.2 Å². The predicted molar refractivity (Wildman–Crippen MR) is 88.1 cm³/mol. The number of nitrogens with one attached hydrogen (secondary N) is 1. The molecule has 4 nitrogen and oxygen atoms in total. The number of rotatable bonds is 5. The van der Waals surface area contributed by atoms with Crippen LogP contribution in [0.2, 0.25) is 0 Å². The molecule has 0 radical (unpaired) electrons. The van der Waals surface area contributed by atoms with Crippen LogP contribution in [-0.2, 0) is 6.42 Å². The molecule has 4 heteroatoms. The largest absolute Gasteiger partial charge is 0.496 e. The molecule has 0 aliphatic heterocycles. The van der Waals surface area contributed by atoms with Gasteiger partial charge in [-0.15, -0.1) is 0 Å². The molecule has 2 aromatic rings. The van der Waals surface area contributed by atoms with Gasteiger partial charge in [-0.05, 0) is 43.2 Å². The SMILES string of the molecule is CCc1cccc(NC(=O)c2cc(OC)c(C)c(OC)c2)c1. The van der Waals surface area contributed by atoms with E-state index in [1.165, 1.54) is 5.56 Å². The van der Waals surface area contributed by atoms with Gasteiger partial charge in [0.15, 0.2) is 0 Å². The van der Waals surface area contributed by atoms with Crippen molar-refractivity contribution in [3.05, 3.63) is 53.1 Å². The van der Waals surface area contributed by atoms with Crippen LogP contribution in [0.4, 0.5) is 5.69 Å². The number of aryl methyl sites for hydroxylation is 1. The third kappa shape index (κ3) is 3.39. The summed E-state index contributed by atoms with van der Waals surface area (Å²) >= 11 is 0. The fourth-order valence-corrected chi connectivity index (χ4v) is 2.29. The predicted octanol–water partition coefficient (Wildman–Crippen LogP) is 3.83. The highest BCUT2D eigenvalue weighted by molar-refractivity contribution is 6.05. The van der Waals surface area contributed by atoms with E-state index in [-0.39, 0.29) is 5.91 Å². The molecule has 0 spiro atoms. The highest BCUT2D eigenvalue weighted by Crippen LogP contribution is 2.29. The van der Waals surface area contributed by atoms with Crippen LogP contribution in [0.25, 0.3) is 0 Å². The first-order chi connectivity index (χ1) is 10.6. The fourth-order valence-electron chi connectivity index (χ4n) is 2.29. The Balaban J connectivity index is 2.29. The maximum atomic E-state index is 12.4. The molecule has 0 aliphatic carbocycles. The Morgan fingerprint density at radius 1 is 1.09 bits per heavy atom. The summed E-state index contributed by atoms with van der Waals surface area (Å²) in [6, 6.07) is 11.3. The Hall–Kier alpha value is -2.49. The first kappa shape index (κ1) is 15.9. The summed E-state index contributed by atoms with van der Waals surface area (Å²) in [6.45, 7) is 3.97. The van der Waals surface area contributed by atoms with Crippen molar-refractivity contribution in [1.82, 2.24) is 0 Å². The van der Waals surface area contributed by atoms with Crippen LogP contribution >= 0.6 is 0 Å². The Kier molecular flexibility index (Phi) is 5.04. The summed E-state index contributed by atoms with van der Waals surface area (Å²) in [6.07, 6.45) is 0.926. The first-order valence-corrected chi connectivity index (χ1v) is 7.22. The van der Waals surface area contributed by atoms with Gasteiger partial charge in [-0.2, -0.15) is 0 Å². The normalized spacial score (nSPS) is 10.2. The van der Waals surface area contributed by atoms with Crippen molar-refractivity contribution in [3.8, 4) is 11.5 Å². The molecule has 0 aromatic heterocycles. The van der Waals surface area contributed by atoms with Crippen LogP contribution in [0, 0.1) is 6.92 Å². The van der Waals surface area contributed by atoms with Gasteiger partial charge in [-0.3, -0.25) is 4.79 Å².